The quantitative estimate of drug-likeness (QED) is 0.675. The summed E-state index contributed by atoms with van der Waals surface area (Å²) >= 11 is 0. The molecule has 7 heteroatoms. The van der Waals surface area contributed by atoms with E-state index in [1.807, 2.05) is 13.0 Å². The molecule has 0 radical (unpaired) electrons. The van der Waals surface area contributed by atoms with Crippen molar-refractivity contribution in [3.63, 3.8) is 0 Å². The maximum Gasteiger partial charge on any atom is 0.336 e. The molecule has 2 heterocycles. The van der Waals surface area contributed by atoms with Gasteiger partial charge in [-0.05, 0) is 19.8 Å². The van der Waals surface area contributed by atoms with Crippen molar-refractivity contribution < 1.29 is 19.4 Å². The van der Waals surface area contributed by atoms with E-state index in [4.69, 9.17) is 4.74 Å². The van der Waals surface area contributed by atoms with Crippen LogP contribution in [0.5, 0.6) is 0 Å². The Morgan fingerprint density at radius 1 is 1.61 bits per heavy atom. The van der Waals surface area contributed by atoms with Gasteiger partial charge < -0.3 is 14.8 Å². The molecule has 2 atom stereocenters. The molecule has 0 aromatic carbocycles. The minimum absolute atomic E-state index is 0.180. The normalized spacial score (nSPS) is 21.7. The van der Waals surface area contributed by atoms with E-state index in [0.29, 0.717) is 5.57 Å². The molecule has 0 saturated carbocycles. The van der Waals surface area contributed by atoms with Crippen LogP contribution in [0.1, 0.15) is 25.5 Å². The summed E-state index contributed by atoms with van der Waals surface area (Å²) in [6.45, 7) is 2.20. The third kappa shape index (κ3) is 3.34. The number of aromatic amines is 1. The molecule has 3 N–H and O–H groups in total. The maximum absolute atomic E-state index is 12.0. The molecule has 23 heavy (non-hydrogen) atoms. The van der Waals surface area contributed by atoms with Gasteiger partial charge in [0.25, 0.3) is 0 Å². The number of fused-ring (bicyclic) bond motifs is 1. The van der Waals surface area contributed by atoms with Crippen molar-refractivity contribution in [1.29, 1.82) is 0 Å². The Morgan fingerprint density at radius 2 is 2.43 bits per heavy atom. The number of hydrogen-bond donors (Lipinski definition) is 3. The van der Waals surface area contributed by atoms with Gasteiger partial charge in [0.2, 0.25) is 0 Å². The van der Waals surface area contributed by atoms with Crippen LogP contribution < -0.4 is 5.32 Å². The molecule has 3 rings (SSSR count). The van der Waals surface area contributed by atoms with Crippen molar-refractivity contribution >= 4 is 11.9 Å². The lowest BCUT2D eigenvalue weighted by molar-refractivity contribution is -0.141. The number of ether oxygens (including phenoxy) is 1. The van der Waals surface area contributed by atoms with Gasteiger partial charge in [-0.2, -0.15) is 0 Å². The first-order chi connectivity index (χ1) is 11.0. The van der Waals surface area contributed by atoms with E-state index in [2.05, 4.69) is 15.3 Å². The minimum atomic E-state index is -0.969. The number of allylic oxidation sites excluding steroid dienone is 1. The number of carboxylic acid groups (broad SMARTS) is 1. The molecule has 1 aliphatic carbocycles. The monoisotopic (exact) mass is 317 g/mol. The van der Waals surface area contributed by atoms with Crippen LogP contribution in [0.2, 0.25) is 0 Å². The molecule has 1 aliphatic heterocycles. The van der Waals surface area contributed by atoms with E-state index < -0.39 is 12.0 Å². The summed E-state index contributed by atoms with van der Waals surface area (Å²) in [5.74, 6) is -1.32. The van der Waals surface area contributed by atoms with Crippen molar-refractivity contribution in [2.24, 2.45) is 0 Å². The lowest BCUT2D eigenvalue weighted by Crippen LogP contribution is -2.40. The number of carbonyl (C=O) groups is 2. The molecular weight excluding hydrogens is 298 g/mol. The van der Waals surface area contributed by atoms with Gasteiger partial charge in [-0.15, -0.1) is 0 Å². The molecule has 0 amide bonds. The highest BCUT2D eigenvalue weighted by Crippen LogP contribution is 2.32. The minimum Gasteiger partial charge on any atom is -0.480 e. The van der Waals surface area contributed by atoms with Crippen LogP contribution >= 0.6 is 0 Å². The van der Waals surface area contributed by atoms with Crippen molar-refractivity contribution in [2.45, 2.75) is 38.3 Å². The molecule has 1 aromatic rings. The summed E-state index contributed by atoms with van der Waals surface area (Å²) in [4.78, 5) is 30.2. The summed E-state index contributed by atoms with van der Waals surface area (Å²) in [6, 6.07) is -0.802. The number of carboxylic acids is 1. The van der Waals surface area contributed by atoms with Gasteiger partial charge in [0.1, 0.15) is 12.1 Å². The Balaban J connectivity index is 1.72. The number of hydrogen-bond acceptors (Lipinski definition) is 5. The first-order valence-electron chi connectivity index (χ1n) is 7.59. The van der Waals surface area contributed by atoms with Gasteiger partial charge in [-0.25, -0.2) is 9.78 Å². The molecule has 0 unspecified atom stereocenters. The fourth-order valence-corrected chi connectivity index (χ4v) is 2.93. The molecular formula is C16H19N3O4. The standard InChI is InChI=1S/C16H19N3O4/c1-9-2-3-14-11(4-9)12(16(22)23-14)7-18-13(15(20)21)5-10-6-17-8-19-10/h4,6,8,13-14,18H,2-3,5,7H2,1H3,(H,17,19)(H,20,21)/t13-,14+/m1/s1. The number of imidazole rings is 1. The SMILES string of the molecule is CC1=CC2=C(CN[C@H](Cc3cnc[nH]3)C(=O)O)C(=O)O[C@H]2CC1. The van der Waals surface area contributed by atoms with Crippen molar-refractivity contribution in [2.75, 3.05) is 6.54 Å². The summed E-state index contributed by atoms with van der Waals surface area (Å²) < 4.78 is 5.36. The molecule has 1 aromatic heterocycles. The van der Waals surface area contributed by atoms with Gasteiger partial charge in [0.15, 0.2) is 0 Å². The van der Waals surface area contributed by atoms with Crippen molar-refractivity contribution in [3.05, 3.63) is 41.0 Å². The fraction of sp³-hybridized carbons (Fsp3) is 0.438. The molecule has 122 valence electrons. The van der Waals surface area contributed by atoms with Gasteiger partial charge in [0, 0.05) is 30.4 Å². The van der Waals surface area contributed by atoms with E-state index in [-0.39, 0.29) is 25.0 Å². The number of aliphatic carboxylic acids is 1. The van der Waals surface area contributed by atoms with Gasteiger partial charge in [-0.1, -0.05) is 11.6 Å². The molecule has 0 spiro atoms. The first kappa shape index (κ1) is 15.5. The van der Waals surface area contributed by atoms with E-state index in [1.165, 1.54) is 11.9 Å². The second kappa shape index (κ2) is 6.37. The van der Waals surface area contributed by atoms with Crippen LogP contribution in [-0.2, 0) is 20.7 Å². The molecule has 7 nitrogen and oxygen atoms in total. The zero-order valence-corrected chi connectivity index (χ0v) is 12.8. The van der Waals surface area contributed by atoms with Crippen molar-refractivity contribution in [3.8, 4) is 0 Å². The lowest BCUT2D eigenvalue weighted by Gasteiger charge is -2.18. The summed E-state index contributed by atoms with van der Waals surface area (Å²) in [6.07, 6.45) is 6.88. The smallest absolute Gasteiger partial charge is 0.336 e. The van der Waals surface area contributed by atoms with E-state index in [1.54, 1.807) is 6.20 Å². The largest absolute Gasteiger partial charge is 0.480 e. The molecule has 2 aliphatic rings. The number of carbonyl (C=O) groups excluding carboxylic acids is 1. The molecule has 0 fully saturated rings. The Morgan fingerprint density at radius 3 is 3.13 bits per heavy atom. The second-order valence-corrected chi connectivity index (χ2v) is 5.91. The molecule has 0 bridgehead atoms. The average molecular weight is 317 g/mol. The van der Waals surface area contributed by atoms with Gasteiger partial charge in [-0.3, -0.25) is 10.1 Å². The average Bonchev–Trinajstić information content (AvgIpc) is 3.11. The van der Waals surface area contributed by atoms with Crippen LogP contribution in [0.25, 0.3) is 0 Å². The van der Waals surface area contributed by atoms with Crippen LogP contribution in [-0.4, -0.2) is 45.7 Å². The van der Waals surface area contributed by atoms with E-state index >= 15 is 0 Å². The molecule has 0 saturated heterocycles. The highest BCUT2D eigenvalue weighted by Gasteiger charge is 2.34. The number of nitrogens with zero attached hydrogens (tertiary/aromatic N) is 1. The fourth-order valence-electron chi connectivity index (χ4n) is 2.93. The predicted octanol–water partition coefficient (Wildman–Crippen LogP) is 0.957. The van der Waals surface area contributed by atoms with Crippen LogP contribution in [0.3, 0.4) is 0 Å². The Hall–Kier alpha value is -2.41. The summed E-state index contributed by atoms with van der Waals surface area (Å²) in [5.41, 5.74) is 3.35. The Bertz CT molecular complexity index is 676. The second-order valence-electron chi connectivity index (χ2n) is 5.91. The number of nitrogens with one attached hydrogen (secondary N) is 2. The maximum atomic E-state index is 12.0. The number of aromatic nitrogens is 2. The third-order valence-corrected chi connectivity index (χ3v) is 4.20. The van der Waals surface area contributed by atoms with Gasteiger partial charge in [0.05, 0.1) is 11.9 Å². The van der Waals surface area contributed by atoms with Crippen LogP contribution in [0.4, 0.5) is 0 Å². The summed E-state index contributed by atoms with van der Waals surface area (Å²) in [7, 11) is 0. The zero-order chi connectivity index (χ0) is 16.4. The topological polar surface area (TPSA) is 104 Å². The summed E-state index contributed by atoms with van der Waals surface area (Å²) in [5, 5.41) is 12.3. The number of esters is 1. The number of rotatable bonds is 6. The van der Waals surface area contributed by atoms with E-state index in [0.717, 1.165) is 24.1 Å². The Labute approximate surface area is 133 Å². The van der Waals surface area contributed by atoms with Crippen LogP contribution in [0, 0.1) is 0 Å². The third-order valence-electron chi connectivity index (χ3n) is 4.20. The highest BCUT2D eigenvalue weighted by molar-refractivity contribution is 5.94. The van der Waals surface area contributed by atoms with Crippen molar-refractivity contribution in [1.82, 2.24) is 15.3 Å². The number of H-pyrrole nitrogens is 1. The Kier molecular flexibility index (Phi) is 4.29. The van der Waals surface area contributed by atoms with Crippen LogP contribution in [0.15, 0.2) is 35.3 Å². The van der Waals surface area contributed by atoms with Gasteiger partial charge >= 0.3 is 11.9 Å². The highest BCUT2D eigenvalue weighted by atomic mass is 16.5. The van der Waals surface area contributed by atoms with E-state index in [9.17, 15) is 14.7 Å². The predicted molar refractivity (Wildman–Crippen MR) is 81.6 cm³/mol. The zero-order valence-electron chi connectivity index (χ0n) is 12.8. The first-order valence-corrected chi connectivity index (χ1v) is 7.59. The lowest BCUT2D eigenvalue weighted by atomic mass is 9.92.